The Morgan fingerprint density at radius 1 is 1.07 bits per heavy atom. The van der Waals surface area contributed by atoms with E-state index in [2.05, 4.69) is 10.0 Å². The molecule has 2 aliphatic rings. The first-order valence-electron chi connectivity index (χ1n) is 10.3. The summed E-state index contributed by atoms with van der Waals surface area (Å²) in [4.78, 5) is 14.6. The maximum atomic E-state index is 12.8. The maximum absolute atomic E-state index is 12.8. The molecule has 0 bridgehead atoms. The Labute approximate surface area is 177 Å². The summed E-state index contributed by atoms with van der Waals surface area (Å²) >= 11 is 0. The fourth-order valence-electron chi connectivity index (χ4n) is 4.13. The van der Waals surface area contributed by atoms with E-state index in [1.165, 1.54) is 6.42 Å². The van der Waals surface area contributed by atoms with Crippen molar-refractivity contribution < 1.29 is 17.9 Å². The summed E-state index contributed by atoms with van der Waals surface area (Å²) < 4.78 is 33.3. The van der Waals surface area contributed by atoms with Gasteiger partial charge in [-0.15, -0.1) is 0 Å². The molecule has 7 nitrogen and oxygen atoms in total. The van der Waals surface area contributed by atoms with Crippen molar-refractivity contribution in [3.63, 3.8) is 0 Å². The van der Waals surface area contributed by atoms with Crippen LogP contribution in [0.2, 0.25) is 0 Å². The predicted octanol–water partition coefficient (Wildman–Crippen LogP) is 3.90. The zero-order chi connectivity index (χ0) is 21.1. The van der Waals surface area contributed by atoms with Crippen LogP contribution in [0.25, 0.3) is 0 Å². The van der Waals surface area contributed by atoms with Crippen molar-refractivity contribution in [1.29, 1.82) is 0 Å². The molecule has 2 amide bonds. The molecule has 0 aromatic heterocycles. The highest BCUT2D eigenvalue weighted by molar-refractivity contribution is 7.92. The third-order valence-electron chi connectivity index (χ3n) is 5.78. The highest BCUT2D eigenvalue weighted by Gasteiger charge is 2.28. The van der Waals surface area contributed by atoms with E-state index in [0.717, 1.165) is 36.9 Å². The van der Waals surface area contributed by atoms with Gasteiger partial charge in [-0.2, -0.15) is 0 Å². The molecule has 2 N–H and O–H groups in total. The number of ether oxygens (including phenoxy) is 1. The molecule has 2 aromatic carbocycles. The quantitative estimate of drug-likeness (QED) is 0.755. The van der Waals surface area contributed by atoms with Crippen molar-refractivity contribution >= 4 is 27.4 Å². The van der Waals surface area contributed by atoms with Crippen LogP contribution in [0.1, 0.15) is 37.7 Å². The molecule has 0 saturated heterocycles. The van der Waals surface area contributed by atoms with Gasteiger partial charge >= 0.3 is 6.03 Å². The third kappa shape index (κ3) is 4.38. The minimum Gasteiger partial charge on any atom is -0.497 e. The molecule has 160 valence electrons. The lowest BCUT2D eigenvalue weighted by Gasteiger charge is -2.26. The number of nitrogens with one attached hydrogen (secondary N) is 2. The fourth-order valence-corrected chi connectivity index (χ4v) is 5.24. The van der Waals surface area contributed by atoms with Gasteiger partial charge in [0.05, 0.1) is 12.0 Å². The Hall–Kier alpha value is -2.74. The van der Waals surface area contributed by atoms with Crippen LogP contribution in [-0.2, 0) is 16.4 Å². The summed E-state index contributed by atoms with van der Waals surface area (Å²) in [7, 11) is -2.17. The molecular weight excluding hydrogens is 402 g/mol. The number of hydrogen-bond acceptors (Lipinski definition) is 4. The van der Waals surface area contributed by atoms with Gasteiger partial charge in [-0.3, -0.25) is 9.62 Å². The smallest absolute Gasteiger partial charge is 0.322 e. The van der Waals surface area contributed by atoms with Crippen LogP contribution in [0.4, 0.5) is 16.2 Å². The normalized spacial score (nSPS) is 16.8. The van der Waals surface area contributed by atoms with Gasteiger partial charge < -0.3 is 10.1 Å². The first-order chi connectivity index (χ1) is 14.5. The van der Waals surface area contributed by atoms with E-state index in [-0.39, 0.29) is 17.0 Å². The van der Waals surface area contributed by atoms with Crippen LogP contribution in [0.5, 0.6) is 5.75 Å². The summed E-state index contributed by atoms with van der Waals surface area (Å²) in [6.07, 6.45) is 6.25. The van der Waals surface area contributed by atoms with E-state index in [1.54, 1.807) is 54.5 Å². The topological polar surface area (TPSA) is 87.7 Å². The van der Waals surface area contributed by atoms with Gasteiger partial charge in [0, 0.05) is 24.0 Å². The number of amides is 2. The molecule has 1 saturated carbocycles. The first kappa shape index (κ1) is 20.5. The second-order valence-electron chi connectivity index (χ2n) is 7.81. The molecule has 8 heteroatoms. The maximum Gasteiger partial charge on any atom is 0.322 e. The number of anilines is 2. The van der Waals surface area contributed by atoms with Gasteiger partial charge in [0.25, 0.3) is 10.0 Å². The number of sulfonamides is 1. The van der Waals surface area contributed by atoms with Gasteiger partial charge in [0.2, 0.25) is 0 Å². The Bertz CT molecular complexity index is 1020. The van der Waals surface area contributed by atoms with Crippen molar-refractivity contribution in [2.45, 2.75) is 49.5 Å². The molecule has 0 atom stereocenters. The number of nitrogens with zero attached hydrogens (tertiary/aromatic N) is 1. The molecule has 0 spiro atoms. The first-order valence-corrected chi connectivity index (χ1v) is 11.8. The number of carbonyl (C=O) groups is 1. The van der Waals surface area contributed by atoms with Crippen molar-refractivity contribution in [1.82, 2.24) is 5.32 Å². The Kier molecular flexibility index (Phi) is 5.85. The van der Waals surface area contributed by atoms with Crippen LogP contribution in [-0.4, -0.2) is 34.1 Å². The minimum absolute atomic E-state index is 0.0902. The zero-order valence-corrected chi connectivity index (χ0v) is 17.9. The second-order valence-corrected chi connectivity index (χ2v) is 9.49. The van der Waals surface area contributed by atoms with E-state index in [9.17, 15) is 13.2 Å². The number of rotatable bonds is 5. The zero-order valence-electron chi connectivity index (χ0n) is 17.1. The van der Waals surface area contributed by atoms with Crippen LogP contribution in [0.3, 0.4) is 0 Å². The van der Waals surface area contributed by atoms with Gasteiger partial charge in [-0.25, -0.2) is 13.2 Å². The van der Waals surface area contributed by atoms with Gasteiger partial charge in [-0.1, -0.05) is 19.3 Å². The average Bonchev–Trinajstić information content (AvgIpc) is 3.18. The predicted molar refractivity (Wildman–Crippen MR) is 117 cm³/mol. The van der Waals surface area contributed by atoms with Gasteiger partial charge in [0.1, 0.15) is 5.75 Å². The molecule has 1 fully saturated rings. The van der Waals surface area contributed by atoms with Crippen molar-refractivity contribution in [2.24, 2.45) is 0 Å². The second kappa shape index (κ2) is 8.55. The summed E-state index contributed by atoms with van der Waals surface area (Å²) in [6, 6.07) is 11.8. The number of carbonyl (C=O) groups excluding carboxylic acids is 1. The van der Waals surface area contributed by atoms with E-state index in [4.69, 9.17) is 4.74 Å². The number of fused-ring (bicyclic) bond motifs is 1. The largest absolute Gasteiger partial charge is 0.497 e. The summed E-state index contributed by atoms with van der Waals surface area (Å²) in [5.41, 5.74) is 2.11. The molecule has 0 radical (unpaired) electrons. The Morgan fingerprint density at radius 3 is 2.50 bits per heavy atom. The van der Waals surface area contributed by atoms with E-state index in [0.29, 0.717) is 24.4 Å². The summed E-state index contributed by atoms with van der Waals surface area (Å²) in [6.45, 7) is 0.559. The molecule has 1 aliphatic carbocycles. The highest BCUT2D eigenvalue weighted by atomic mass is 32.2. The van der Waals surface area contributed by atoms with Crippen LogP contribution < -0.4 is 19.7 Å². The fraction of sp³-hybridized carbons (Fsp3) is 0.409. The van der Waals surface area contributed by atoms with E-state index < -0.39 is 10.0 Å². The van der Waals surface area contributed by atoms with E-state index >= 15 is 0 Å². The van der Waals surface area contributed by atoms with Crippen molar-refractivity contribution in [3.8, 4) is 5.75 Å². The lowest BCUT2D eigenvalue weighted by Crippen LogP contribution is -2.45. The van der Waals surface area contributed by atoms with Crippen LogP contribution >= 0.6 is 0 Å². The third-order valence-corrected chi connectivity index (χ3v) is 7.16. The summed E-state index contributed by atoms with van der Waals surface area (Å²) in [5, 5.41) is 3.13. The SMILES string of the molecule is COc1ccc(NS(=O)(=O)c2ccc3c(c2)CCN3C(=O)NC2CCCCC2)cc1. The van der Waals surface area contributed by atoms with E-state index in [1.807, 2.05) is 0 Å². The van der Waals surface area contributed by atoms with Crippen LogP contribution in [0.15, 0.2) is 47.4 Å². The molecule has 0 unspecified atom stereocenters. The molecule has 30 heavy (non-hydrogen) atoms. The molecule has 1 heterocycles. The standard InChI is InChI=1S/C22H27N3O4S/c1-29-19-9-7-18(8-10-19)24-30(27,28)20-11-12-21-16(15-20)13-14-25(21)22(26)23-17-5-3-2-4-6-17/h7-12,15,17,24H,2-6,13-14H2,1H3,(H,23,26). The van der Waals surface area contributed by atoms with Crippen LogP contribution in [0, 0.1) is 0 Å². The van der Waals surface area contributed by atoms with Gasteiger partial charge in [-0.05, 0) is 67.3 Å². The number of urea groups is 1. The minimum atomic E-state index is -3.72. The lowest BCUT2D eigenvalue weighted by atomic mass is 9.96. The molecule has 4 rings (SSSR count). The summed E-state index contributed by atoms with van der Waals surface area (Å²) in [5.74, 6) is 0.655. The molecule has 2 aromatic rings. The highest BCUT2D eigenvalue weighted by Crippen LogP contribution is 2.31. The molecular formula is C22H27N3O4S. The monoisotopic (exact) mass is 429 g/mol. The van der Waals surface area contributed by atoms with Crippen molar-refractivity contribution in [2.75, 3.05) is 23.3 Å². The van der Waals surface area contributed by atoms with Crippen molar-refractivity contribution in [3.05, 3.63) is 48.0 Å². The number of methoxy groups -OCH3 is 1. The number of benzene rings is 2. The molecule has 1 aliphatic heterocycles. The Morgan fingerprint density at radius 2 is 1.80 bits per heavy atom. The number of hydrogen-bond donors (Lipinski definition) is 2. The Balaban J connectivity index is 1.47. The lowest BCUT2D eigenvalue weighted by molar-refractivity contribution is 0.238. The average molecular weight is 430 g/mol. The van der Waals surface area contributed by atoms with Gasteiger partial charge in [0.15, 0.2) is 0 Å².